The van der Waals surface area contributed by atoms with E-state index >= 15 is 0 Å². The van der Waals surface area contributed by atoms with Crippen molar-refractivity contribution in [3.63, 3.8) is 0 Å². The Morgan fingerprint density at radius 1 is 1.26 bits per heavy atom. The fraction of sp³-hybridized carbons (Fsp3) is 0.444. The highest BCUT2D eigenvalue weighted by Gasteiger charge is 2.36. The molecule has 0 saturated heterocycles. The van der Waals surface area contributed by atoms with Crippen molar-refractivity contribution in [1.82, 2.24) is 10.2 Å². The Hall–Kier alpha value is -2.94. The second-order valence-corrected chi connectivity index (χ2v) is 5.81. The van der Waals surface area contributed by atoms with Crippen molar-refractivity contribution in [2.75, 3.05) is 26.4 Å². The number of hydrogen-bond donors (Lipinski definition) is 1. The molecule has 0 bridgehead atoms. The molecular weight excluding hydrogens is 354 g/mol. The van der Waals surface area contributed by atoms with Crippen LogP contribution in [0.3, 0.4) is 0 Å². The number of ether oxygens (including phenoxy) is 2. The minimum Gasteiger partial charge on any atom is -0.460 e. The van der Waals surface area contributed by atoms with Crippen molar-refractivity contribution < 1.29 is 24.0 Å². The zero-order chi connectivity index (χ0) is 20.0. The van der Waals surface area contributed by atoms with Gasteiger partial charge in [0.2, 0.25) is 0 Å². The third-order valence-corrected chi connectivity index (χ3v) is 4.23. The van der Waals surface area contributed by atoms with Gasteiger partial charge in [-0.3, -0.25) is 15.0 Å². The highest BCUT2D eigenvalue weighted by Crippen LogP contribution is 2.32. The van der Waals surface area contributed by atoms with Crippen LogP contribution in [0.25, 0.3) is 0 Å². The minimum absolute atomic E-state index is 0.0717. The van der Waals surface area contributed by atoms with Gasteiger partial charge in [0.25, 0.3) is 5.69 Å². The summed E-state index contributed by atoms with van der Waals surface area (Å²) in [5.74, 6) is -0.561. The summed E-state index contributed by atoms with van der Waals surface area (Å²) in [6.45, 7) is 6.60. The lowest BCUT2D eigenvalue weighted by atomic mass is 9.94. The Bertz CT molecular complexity index is 744. The molecule has 1 unspecified atom stereocenters. The number of benzene rings is 1. The summed E-state index contributed by atoms with van der Waals surface area (Å²) >= 11 is 0. The number of hydrogen-bond acceptors (Lipinski definition) is 6. The molecule has 0 radical (unpaired) electrons. The van der Waals surface area contributed by atoms with Gasteiger partial charge in [0.1, 0.15) is 6.61 Å². The smallest absolute Gasteiger partial charge is 0.338 e. The molecule has 146 valence electrons. The van der Waals surface area contributed by atoms with Gasteiger partial charge in [0.15, 0.2) is 0 Å². The first-order chi connectivity index (χ1) is 12.9. The first-order valence-corrected chi connectivity index (χ1v) is 8.68. The number of carbonyl (C=O) groups excluding carboxylic acids is 2. The van der Waals surface area contributed by atoms with Crippen LogP contribution in [0, 0.1) is 10.1 Å². The SMILES string of the molecule is CCOCCOC(=O)C1=C(C)N(CC)C(=O)NC1c1ccc([N+](=O)[O-])cc1. The fourth-order valence-corrected chi connectivity index (χ4v) is 2.88. The van der Waals surface area contributed by atoms with E-state index in [1.165, 1.54) is 29.2 Å². The molecule has 0 aromatic heterocycles. The van der Waals surface area contributed by atoms with E-state index in [1.807, 2.05) is 6.92 Å². The zero-order valence-corrected chi connectivity index (χ0v) is 15.6. The molecule has 1 N–H and O–H groups in total. The Balaban J connectivity index is 2.34. The Morgan fingerprint density at radius 3 is 2.48 bits per heavy atom. The molecule has 2 rings (SSSR count). The summed E-state index contributed by atoms with van der Waals surface area (Å²) in [6, 6.07) is 4.61. The predicted octanol–water partition coefficient (Wildman–Crippen LogP) is 2.53. The van der Waals surface area contributed by atoms with E-state index < -0.39 is 16.9 Å². The van der Waals surface area contributed by atoms with E-state index in [4.69, 9.17) is 9.47 Å². The van der Waals surface area contributed by atoms with Crippen molar-refractivity contribution in [3.8, 4) is 0 Å². The average molecular weight is 377 g/mol. The Labute approximate surface area is 157 Å². The summed E-state index contributed by atoms with van der Waals surface area (Å²) in [7, 11) is 0. The van der Waals surface area contributed by atoms with Gasteiger partial charge in [-0.05, 0) is 38.5 Å². The van der Waals surface area contributed by atoms with Gasteiger partial charge in [0, 0.05) is 31.0 Å². The Kier molecular flexibility index (Phi) is 6.89. The summed E-state index contributed by atoms with van der Waals surface area (Å²) < 4.78 is 10.5. The van der Waals surface area contributed by atoms with Gasteiger partial charge < -0.3 is 14.8 Å². The maximum atomic E-state index is 12.7. The van der Waals surface area contributed by atoms with Gasteiger partial charge in [-0.25, -0.2) is 9.59 Å². The molecule has 0 saturated carbocycles. The van der Waals surface area contributed by atoms with Crippen LogP contribution in [0.15, 0.2) is 35.5 Å². The normalized spacial score (nSPS) is 16.9. The Morgan fingerprint density at radius 2 is 1.93 bits per heavy atom. The van der Waals surface area contributed by atoms with Crippen LogP contribution in [-0.2, 0) is 14.3 Å². The number of allylic oxidation sites excluding steroid dienone is 1. The zero-order valence-electron chi connectivity index (χ0n) is 15.6. The van der Waals surface area contributed by atoms with E-state index in [0.717, 1.165) is 0 Å². The van der Waals surface area contributed by atoms with Crippen LogP contribution in [0.2, 0.25) is 0 Å². The van der Waals surface area contributed by atoms with Crippen molar-refractivity contribution in [3.05, 3.63) is 51.2 Å². The predicted molar refractivity (Wildman–Crippen MR) is 96.9 cm³/mol. The maximum Gasteiger partial charge on any atom is 0.338 e. The molecule has 0 aliphatic carbocycles. The number of nitrogens with one attached hydrogen (secondary N) is 1. The van der Waals surface area contributed by atoms with Crippen LogP contribution in [0.5, 0.6) is 0 Å². The number of nitro groups is 1. The van der Waals surface area contributed by atoms with Crippen LogP contribution >= 0.6 is 0 Å². The molecule has 0 fully saturated rings. The largest absolute Gasteiger partial charge is 0.460 e. The number of nitrogens with zero attached hydrogens (tertiary/aromatic N) is 2. The fourth-order valence-electron chi connectivity index (χ4n) is 2.88. The summed E-state index contributed by atoms with van der Waals surface area (Å²) in [5, 5.41) is 13.6. The lowest BCUT2D eigenvalue weighted by molar-refractivity contribution is -0.384. The average Bonchev–Trinajstić information content (AvgIpc) is 2.65. The molecule has 9 nitrogen and oxygen atoms in total. The molecule has 27 heavy (non-hydrogen) atoms. The molecule has 1 aliphatic heterocycles. The van der Waals surface area contributed by atoms with E-state index in [0.29, 0.717) is 30.0 Å². The number of amides is 2. The van der Waals surface area contributed by atoms with E-state index in [2.05, 4.69) is 5.32 Å². The van der Waals surface area contributed by atoms with Gasteiger partial charge in [-0.1, -0.05) is 0 Å². The van der Waals surface area contributed by atoms with E-state index in [9.17, 15) is 19.7 Å². The highest BCUT2D eigenvalue weighted by molar-refractivity contribution is 5.95. The second kappa shape index (κ2) is 9.13. The molecule has 1 heterocycles. The summed E-state index contributed by atoms with van der Waals surface area (Å²) in [4.78, 5) is 36.8. The van der Waals surface area contributed by atoms with Crippen molar-refractivity contribution >= 4 is 17.7 Å². The molecule has 9 heteroatoms. The third kappa shape index (κ3) is 4.62. The second-order valence-electron chi connectivity index (χ2n) is 5.81. The number of carbonyl (C=O) groups is 2. The number of rotatable bonds is 8. The number of non-ortho nitro benzene ring substituents is 1. The molecule has 1 aromatic rings. The number of urea groups is 1. The van der Waals surface area contributed by atoms with E-state index in [1.54, 1.807) is 13.8 Å². The van der Waals surface area contributed by atoms with Crippen LogP contribution in [0.4, 0.5) is 10.5 Å². The number of esters is 1. The topological polar surface area (TPSA) is 111 Å². The maximum absolute atomic E-state index is 12.7. The van der Waals surface area contributed by atoms with Gasteiger partial charge in [-0.15, -0.1) is 0 Å². The first-order valence-electron chi connectivity index (χ1n) is 8.68. The third-order valence-electron chi connectivity index (χ3n) is 4.23. The van der Waals surface area contributed by atoms with Crippen molar-refractivity contribution in [2.24, 2.45) is 0 Å². The van der Waals surface area contributed by atoms with Crippen molar-refractivity contribution in [1.29, 1.82) is 0 Å². The quantitative estimate of drug-likeness (QED) is 0.322. The van der Waals surface area contributed by atoms with Crippen LogP contribution < -0.4 is 5.32 Å². The highest BCUT2D eigenvalue weighted by atomic mass is 16.6. The first kappa shape index (κ1) is 20.4. The molecule has 0 spiro atoms. The number of nitro benzene ring substituents is 1. The monoisotopic (exact) mass is 377 g/mol. The van der Waals surface area contributed by atoms with Gasteiger partial charge in [-0.2, -0.15) is 0 Å². The van der Waals surface area contributed by atoms with Crippen molar-refractivity contribution in [2.45, 2.75) is 26.8 Å². The lowest BCUT2D eigenvalue weighted by Gasteiger charge is -2.34. The molecule has 1 aliphatic rings. The minimum atomic E-state index is -0.749. The molecule has 2 amide bonds. The van der Waals surface area contributed by atoms with Gasteiger partial charge >= 0.3 is 12.0 Å². The van der Waals surface area contributed by atoms with Crippen LogP contribution in [-0.4, -0.2) is 48.2 Å². The molecular formula is C18H23N3O6. The summed E-state index contributed by atoms with van der Waals surface area (Å²) in [6.07, 6.45) is 0. The summed E-state index contributed by atoms with van der Waals surface area (Å²) in [5.41, 5.74) is 1.27. The molecule has 1 aromatic carbocycles. The lowest BCUT2D eigenvalue weighted by Crippen LogP contribution is -2.47. The standard InChI is InChI=1S/C18H23N3O6/c1-4-20-12(3)15(17(22)27-11-10-26-5-2)16(19-18(20)23)13-6-8-14(9-7-13)21(24)25/h6-9,16H,4-5,10-11H2,1-3H3,(H,19,23). The molecule has 1 atom stereocenters. The van der Waals surface area contributed by atoms with Crippen LogP contribution in [0.1, 0.15) is 32.4 Å². The van der Waals surface area contributed by atoms with E-state index in [-0.39, 0.29) is 24.9 Å². The van der Waals surface area contributed by atoms with Gasteiger partial charge in [0.05, 0.1) is 23.1 Å².